The van der Waals surface area contributed by atoms with Gasteiger partial charge in [-0.3, -0.25) is 4.79 Å². The van der Waals surface area contributed by atoms with Gasteiger partial charge in [0.1, 0.15) is 17.2 Å². The van der Waals surface area contributed by atoms with Gasteiger partial charge >= 0.3 is 0 Å². The van der Waals surface area contributed by atoms with E-state index in [1.54, 1.807) is 11.3 Å². The average Bonchev–Trinajstić information content (AvgIpc) is 3.41. The molecule has 5 rings (SSSR count). The van der Waals surface area contributed by atoms with Gasteiger partial charge in [0, 0.05) is 54.3 Å². The highest BCUT2D eigenvalue weighted by atomic mass is 32.1. The Bertz CT molecular complexity index is 1190. The first-order valence-corrected chi connectivity index (χ1v) is 11.5. The second kappa shape index (κ2) is 8.11. The summed E-state index contributed by atoms with van der Waals surface area (Å²) in [6.07, 6.45) is 4.77. The Balaban J connectivity index is 1.38. The highest BCUT2D eigenvalue weighted by Crippen LogP contribution is 2.31. The van der Waals surface area contributed by atoms with Crippen molar-refractivity contribution in [3.8, 4) is 0 Å². The average molecular weight is 420 g/mol. The molecule has 1 fully saturated rings. The molecule has 0 aliphatic carbocycles. The van der Waals surface area contributed by atoms with Gasteiger partial charge in [0.25, 0.3) is 5.91 Å². The number of rotatable bonds is 5. The molecule has 0 N–H and O–H groups in total. The molecule has 1 amide bonds. The fourth-order valence-electron chi connectivity index (χ4n) is 4.26. The van der Waals surface area contributed by atoms with E-state index in [1.807, 2.05) is 35.4 Å². The van der Waals surface area contributed by atoms with Crippen LogP contribution >= 0.6 is 11.3 Å². The number of fused-ring (bicyclic) bond motifs is 2. The van der Waals surface area contributed by atoms with Crippen molar-refractivity contribution in [1.82, 2.24) is 9.88 Å². The van der Waals surface area contributed by atoms with Gasteiger partial charge in [-0.15, -0.1) is 11.3 Å². The zero-order valence-electron chi connectivity index (χ0n) is 17.1. The largest absolute Gasteiger partial charge is 0.460 e. The minimum absolute atomic E-state index is 0.0902. The van der Waals surface area contributed by atoms with E-state index < -0.39 is 0 Å². The molecule has 0 radical (unpaired) electrons. The van der Waals surface area contributed by atoms with E-state index in [4.69, 9.17) is 4.42 Å². The highest BCUT2D eigenvalue weighted by molar-refractivity contribution is 7.17. The molecule has 0 atom stereocenters. The zero-order valence-corrected chi connectivity index (χ0v) is 18.0. The minimum Gasteiger partial charge on any atom is -0.460 e. The fraction of sp³-hybridized carbons (Fsp3) is 0.333. The summed E-state index contributed by atoms with van der Waals surface area (Å²) in [5, 5.41) is 4.24. The van der Waals surface area contributed by atoms with Crippen molar-refractivity contribution >= 4 is 44.1 Å². The van der Waals surface area contributed by atoms with Gasteiger partial charge in [-0.2, -0.15) is 0 Å². The number of para-hydroxylation sites is 1. The second-order valence-corrected chi connectivity index (χ2v) is 8.69. The van der Waals surface area contributed by atoms with Crippen molar-refractivity contribution in [1.29, 1.82) is 0 Å². The SMILES string of the molecule is CCCCc1oc2ccccc2c1C(=O)N1CCN(c2nccc3sccc23)CC1. The molecular formula is C24H25N3O2S. The third-order valence-electron chi connectivity index (χ3n) is 5.86. The molecule has 1 aromatic carbocycles. The summed E-state index contributed by atoms with van der Waals surface area (Å²) in [6, 6.07) is 12.1. The van der Waals surface area contributed by atoms with E-state index in [1.165, 1.54) is 10.1 Å². The maximum atomic E-state index is 13.5. The monoisotopic (exact) mass is 419 g/mol. The van der Waals surface area contributed by atoms with Crippen LogP contribution in [0.5, 0.6) is 0 Å². The maximum absolute atomic E-state index is 13.5. The number of carbonyl (C=O) groups excluding carboxylic acids is 1. The lowest BCUT2D eigenvalue weighted by atomic mass is 10.1. The van der Waals surface area contributed by atoms with E-state index in [9.17, 15) is 4.79 Å². The molecule has 1 aliphatic rings. The van der Waals surface area contributed by atoms with E-state index in [-0.39, 0.29) is 5.91 Å². The number of aromatic nitrogens is 1. The van der Waals surface area contributed by atoms with Crippen LogP contribution in [0.4, 0.5) is 5.82 Å². The van der Waals surface area contributed by atoms with Crippen molar-refractivity contribution in [3.63, 3.8) is 0 Å². The van der Waals surface area contributed by atoms with Crippen LogP contribution in [0.2, 0.25) is 0 Å². The van der Waals surface area contributed by atoms with Crippen LogP contribution < -0.4 is 4.90 Å². The summed E-state index contributed by atoms with van der Waals surface area (Å²) in [6.45, 7) is 5.11. The second-order valence-electron chi connectivity index (χ2n) is 7.75. The molecule has 6 heteroatoms. The molecule has 1 aliphatic heterocycles. The molecular weight excluding hydrogens is 394 g/mol. The van der Waals surface area contributed by atoms with Crippen molar-refractivity contribution in [3.05, 3.63) is 59.3 Å². The molecule has 1 saturated heterocycles. The summed E-state index contributed by atoms with van der Waals surface area (Å²) in [5.74, 6) is 1.95. The van der Waals surface area contributed by atoms with E-state index >= 15 is 0 Å². The summed E-state index contributed by atoms with van der Waals surface area (Å²) >= 11 is 1.74. The summed E-state index contributed by atoms with van der Waals surface area (Å²) < 4.78 is 7.33. The molecule has 0 bridgehead atoms. The molecule has 0 saturated carbocycles. The van der Waals surface area contributed by atoms with Crippen LogP contribution in [-0.2, 0) is 6.42 Å². The Morgan fingerprint density at radius 3 is 2.77 bits per heavy atom. The first-order valence-electron chi connectivity index (χ1n) is 10.6. The quantitative estimate of drug-likeness (QED) is 0.438. The topological polar surface area (TPSA) is 49.6 Å². The fourth-order valence-corrected chi connectivity index (χ4v) is 5.03. The highest BCUT2D eigenvalue weighted by Gasteiger charge is 2.28. The number of benzene rings is 1. The van der Waals surface area contributed by atoms with Crippen LogP contribution in [0.1, 0.15) is 35.9 Å². The lowest BCUT2D eigenvalue weighted by Crippen LogP contribution is -2.49. The lowest BCUT2D eigenvalue weighted by molar-refractivity contribution is 0.0746. The number of thiophene rings is 1. The standard InChI is InChI=1S/C24H25N3O2S/c1-2-3-7-20-22(17-6-4-5-8-19(17)29-20)24(28)27-14-12-26(13-15-27)23-18-10-16-30-21(18)9-11-25-23/h4-6,8-11,16H,2-3,7,12-15H2,1H3. The summed E-state index contributed by atoms with van der Waals surface area (Å²) in [5.41, 5.74) is 1.56. The summed E-state index contributed by atoms with van der Waals surface area (Å²) in [4.78, 5) is 22.4. The Hall–Kier alpha value is -2.86. The zero-order chi connectivity index (χ0) is 20.5. The number of furan rings is 1. The number of anilines is 1. The van der Waals surface area contributed by atoms with Gasteiger partial charge in [0.2, 0.25) is 0 Å². The Morgan fingerprint density at radius 2 is 1.93 bits per heavy atom. The van der Waals surface area contributed by atoms with Crippen LogP contribution in [0.15, 0.2) is 52.4 Å². The molecule has 5 nitrogen and oxygen atoms in total. The van der Waals surface area contributed by atoms with Crippen LogP contribution in [0.3, 0.4) is 0 Å². The third kappa shape index (κ3) is 3.35. The number of hydrogen-bond donors (Lipinski definition) is 0. The van der Waals surface area contributed by atoms with Crippen molar-refractivity contribution in [2.75, 3.05) is 31.1 Å². The number of unbranched alkanes of at least 4 members (excludes halogenated alkanes) is 1. The minimum atomic E-state index is 0.0902. The first-order chi connectivity index (χ1) is 14.8. The lowest BCUT2D eigenvalue weighted by Gasteiger charge is -2.35. The van der Waals surface area contributed by atoms with Crippen LogP contribution in [0.25, 0.3) is 21.1 Å². The number of amides is 1. The third-order valence-corrected chi connectivity index (χ3v) is 6.75. The molecule has 154 valence electrons. The van der Waals surface area contributed by atoms with Gasteiger partial charge < -0.3 is 14.2 Å². The van der Waals surface area contributed by atoms with E-state index in [0.29, 0.717) is 13.1 Å². The summed E-state index contributed by atoms with van der Waals surface area (Å²) in [7, 11) is 0. The van der Waals surface area contributed by atoms with Crippen molar-refractivity contribution in [2.24, 2.45) is 0 Å². The van der Waals surface area contributed by atoms with Gasteiger partial charge in [-0.25, -0.2) is 4.98 Å². The Kier molecular flexibility index (Phi) is 5.17. The van der Waals surface area contributed by atoms with Gasteiger partial charge in [-0.05, 0) is 30.0 Å². The van der Waals surface area contributed by atoms with Gasteiger partial charge in [-0.1, -0.05) is 31.5 Å². The number of nitrogens with zero attached hydrogens (tertiary/aromatic N) is 3. The molecule has 0 unspecified atom stereocenters. The molecule has 0 spiro atoms. The van der Waals surface area contributed by atoms with Gasteiger partial charge in [0.15, 0.2) is 0 Å². The maximum Gasteiger partial charge on any atom is 0.258 e. The predicted molar refractivity (Wildman–Crippen MR) is 123 cm³/mol. The van der Waals surface area contributed by atoms with Gasteiger partial charge in [0.05, 0.1) is 5.56 Å². The van der Waals surface area contributed by atoms with Crippen molar-refractivity contribution < 1.29 is 9.21 Å². The predicted octanol–water partition coefficient (Wildman–Crippen LogP) is 5.35. The molecule has 4 aromatic rings. The molecule has 4 heterocycles. The number of aryl methyl sites for hydroxylation is 1. The Labute approximate surface area is 179 Å². The van der Waals surface area contributed by atoms with Crippen LogP contribution in [-0.4, -0.2) is 42.0 Å². The molecule has 3 aromatic heterocycles. The number of piperazine rings is 1. The van der Waals surface area contributed by atoms with Crippen LogP contribution in [0, 0.1) is 0 Å². The normalized spacial score (nSPS) is 14.7. The first kappa shape index (κ1) is 19.1. The van der Waals surface area contributed by atoms with E-state index in [0.717, 1.165) is 60.5 Å². The van der Waals surface area contributed by atoms with E-state index in [2.05, 4.69) is 34.3 Å². The number of carbonyl (C=O) groups is 1. The molecule has 30 heavy (non-hydrogen) atoms. The van der Waals surface area contributed by atoms with Crippen molar-refractivity contribution in [2.45, 2.75) is 26.2 Å². The Morgan fingerprint density at radius 1 is 1.10 bits per heavy atom. The smallest absolute Gasteiger partial charge is 0.258 e. The number of hydrogen-bond acceptors (Lipinski definition) is 5. The number of pyridine rings is 1.